The Morgan fingerprint density at radius 1 is 1.29 bits per heavy atom. The minimum Gasteiger partial charge on any atom is -0.347 e. The number of likely N-dealkylation sites (tertiary alicyclic amines) is 1. The van der Waals surface area contributed by atoms with E-state index in [1.807, 2.05) is 73.8 Å². The van der Waals surface area contributed by atoms with Crippen LogP contribution in [0.4, 0.5) is 5.95 Å². The zero-order valence-electron chi connectivity index (χ0n) is 18.1. The Morgan fingerprint density at radius 3 is 2.84 bits per heavy atom. The van der Waals surface area contributed by atoms with Crippen molar-refractivity contribution in [2.24, 2.45) is 7.05 Å². The van der Waals surface area contributed by atoms with Gasteiger partial charge in [-0.05, 0) is 30.5 Å². The minimum atomic E-state index is 0.173. The van der Waals surface area contributed by atoms with Crippen LogP contribution in [0.2, 0.25) is 5.02 Å². The summed E-state index contributed by atoms with van der Waals surface area (Å²) in [5.74, 6) is 1.02. The highest BCUT2D eigenvalue weighted by atomic mass is 35.5. The Bertz CT molecular complexity index is 1080. The van der Waals surface area contributed by atoms with Gasteiger partial charge < -0.3 is 9.80 Å². The zero-order valence-corrected chi connectivity index (χ0v) is 18.9. The lowest BCUT2D eigenvalue weighted by molar-refractivity contribution is -0.130. The van der Waals surface area contributed by atoms with E-state index in [2.05, 4.69) is 10.1 Å². The number of anilines is 1. The lowest BCUT2D eigenvalue weighted by atomic mass is 9.97. The van der Waals surface area contributed by atoms with Crippen LogP contribution in [0, 0.1) is 0 Å². The van der Waals surface area contributed by atoms with Gasteiger partial charge in [-0.15, -0.1) is 0 Å². The van der Waals surface area contributed by atoms with Crippen LogP contribution in [-0.2, 0) is 18.3 Å². The second-order valence-electron chi connectivity index (χ2n) is 8.22. The molecule has 1 saturated heterocycles. The first-order valence-electron chi connectivity index (χ1n) is 10.5. The molecule has 2 aromatic heterocycles. The van der Waals surface area contributed by atoms with Crippen molar-refractivity contribution < 1.29 is 4.79 Å². The number of hydrogen-bond acceptors (Lipinski definition) is 5. The molecule has 8 heteroatoms. The fourth-order valence-electron chi connectivity index (χ4n) is 4.01. The van der Waals surface area contributed by atoms with Crippen LogP contribution in [-0.4, -0.2) is 57.7 Å². The first kappa shape index (κ1) is 21.3. The third-order valence-electron chi connectivity index (χ3n) is 5.67. The fraction of sp³-hybridized carbons (Fsp3) is 0.391. The standard InChI is InChI=1S/C23H27ClN6O/c1-28(2)23-25-13-20(18-12-26-29(3)14-18)22(27-23)17-9-10-30(15-17)21(31)8-7-16-5-4-6-19(24)11-16/h4-6,11-14,17H,7-10,15H2,1-3H3/t17-/m1/s1. The summed E-state index contributed by atoms with van der Waals surface area (Å²) in [5.41, 5.74) is 4.05. The molecule has 0 aliphatic carbocycles. The molecule has 7 nitrogen and oxygen atoms in total. The largest absolute Gasteiger partial charge is 0.347 e. The monoisotopic (exact) mass is 438 g/mol. The van der Waals surface area contributed by atoms with Crippen molar-refractivity contribution >= 4 is 23.5 Å². The normalized spacial score (nSPS) is 16.0. The van der Waals surface area contributed by atoms with Gasteiger partial charge in [-0.1, -0.05) is 23.7 Å². The topological polar surface area (TPSA) is 67.2 Å². The van der Waals surface area contributed by atoms with E-state index in [9.17, 15) is 4.79 Å². The van der Waals surface area contributed by atoms with E-state index in [1.54, 1.807) is 4.68 Å². The second kappa shape index (κ2) is 9.06. The summed E-state index contributed by atoms with van der Waals surface area (Å²) in [6.07, 6.45) is 7.74. The van der Waals surface area contributed by atoms with Gasteiger partial charge in [-0.3, -0.25) is 9.48 Å². The Kier molecular flexibility index (Phi) is 6.23. The first-order chi connectivity index (χ1) is 14.9. The van der Waals surface area contributed by atoms with E-state index in [0.717, 1.165) is 35.3 Å². The number of rotatable bonds is 6. The molecule has 4 rings (SSSR count). The Hall–Kier alpha value is -2.93. The molecule has 1 atom stereocenters. The zero-order chi connectivity index (χ0) is 22.0. The third-order valence-corrected chi connectivity index (χ3v) is 5.90. The highest BCUT2D eigenvalue weighted by Gasteiger charge is 2.30. The molecule has 1 amide bonds. The quantitative estimate of drug-likeness (QED) is 0.588. The molecule has 0 unspecified atom stereocenters. The maximum absolute atomic E-state index is 12.9. The first-order valence-corrected chi connectivity index (χ1v) is 10.8. The van der Waals surface area contributed by atoms with Crippen molar-refractivity contribution in [3.63, 3.8) is 0 Å². The van der Waals surface area contributed by atoms with Crippen LogP contribution in [0.5, 0.6) is 0 Å². The van der Waals surface area contributed by atoms with Crippen LogP contribution >= 0.6 is 11.6 Å². The minimum absolute atomic E-state index is 0.173. The summed E-state index contributed by atoms with van der Waals surface area (Å²) in [7, 11) is 5.76. The summed E-state index contributed by atoms with van der Waals surface area (Å²) in [4.78, 5) is 26.1. The SMILES string of the molecule is CN(C)c1ncc(-c2cnn(C)c2)c([C@@H]2CCN(C(=O)CCc3cccc(Cl)c3)C2)n1. The van der Waals surface area contributed by atoms with E-state index >= 15 is 0 Å². The lowest BCUT2D eigenvalue weighted by Crippen LogP contribution is -2.28. The van der Waals surface area contributed by atoms with E-state index in [0.29, 0.717) is 30.4 Å². The maximum Gasteiger partial charge on any atom is 0.225 e. The van der Waals surface area contributed by atoms with Gasteiger partial charge in [0.1, 0.15) is 0 Å². The number of hydrogen-bond donors (Lipinski definition) is 0. The molecule has 1 aromatic carbocycles. The molecule has 0 saturated carbocycles. The van der Waals surface area contributed by atoms with Crippen molar-refractivity contribution in [2.45, 2.75) is 25.2 Å². The Balaban J connectivity index is 1.50. The van der Waals surface area contributed by atoms with Gasteiger partial charge in [0.05, 0.1) is 11.9 Å². The van der Waals surface area contributed by atoms with Crippen LogP contribution in [0.1, 0.15) is 30.0 Å². The summed E-state index contributed by atoms with van der Waals surface area (Å²) >= 11 is 6.06. The smallest absolute Gasteiger partial charge is 0.225 e. The second-order valence-corrected chi connectivity index (χ2v) is 8.66. The van der Waals surface area contributed by atoms with Crippen LogP contribution < -0.4 is 4.90 Å². The van der Waals surface area contributed by atoms with Crippen LogP contribution in [0.25, 0.3) is 11.1 Å². The molecule has 162 valence electrons. The number of aromatic nitrogens is 4. The number of amides is 1. The molecule has 1 fully saturated rings. The van der Waals surface area contributed by atoms with E-state index in [1.165, 1.54) is 0 Å². The van der Waals surface area contributed by atoms with E-state index < -0.39 is 0 Å². The average molecular weight is 439 g/mol. The fourth-order valence-corrected chi connectivity index (χ4v) is 4.22. The summed E-state index contributed by atoms with van der Waals surface area (Å²) in [5, 5.41) is 5.00. The number of halogens is 1. The Labute approximate surface area is 187 Å². The highest BCUT2D eigenvalue weighted by molar-refractivity contribution is 6.30. The van der Waals surface area contributed by atoms with Crippen molar-refractivity contribution in [1.82, 2.24) is 24.6 Å². The third kappa shape index (κ3) is 4.88. The number of carbonyl (C=O) groups is 1. The molecule has 1 aliphatic heterocycles. The van der Waals surface area contributed by atoms with Crippen LogP contribution in [0.15, 0.2) is 42.9 Å². The van der Waals surface area contributed by atoms with Crippen molar-refractivity contribution in [3.05, 3.63) is 59.1 Å². The van der Waals surface area contributed by atoms with Gasteiger partial charge in [0.25, 0.3) is 0 Å². The molecule has 0 radical (unpaired) electrons. The summed E-state index contributed by atoms with van der Waals surface area (Å²) < 4.78 is 1.78. The van der Waals surface area contributed by atoms with E-state index in [-0.39, 0.29) is 11.8 Å². The van der Waals surface area contributed by atoms with Crippen molar-refractivity contribution in [1.29, 1.82) is 0 Å². The molecular formula is C23H27ClN6O. The van der Waals surface area contributed by atoms with Gasteiger partial charge in [-0.2, -0.15) is 5.10 Å². The van der Waals surface area contributed by atoms with E-state index in [4.69, 9.17) is 16.6 Å². The molecule has 31 heavy (non-hydrogen) atoms. The number of aryl methyl sites for hydroxylation is 2. The molecule has 3 aromatic rings. The molecule has 3 heterocycles. The van der Waals surface area contributed by atoms with Gasteiger partial charge >= 0.3 is 0 Å². The number of nitrogens with zero attached hydrogens (tertiary/aromatic N) is 6. The molecule has 0 bridgehead atoms. The molecule has 1 aliphatic rings. The lowest BCUT2D eigenvalue weighted by Gasteiger charge is -2.19. The van der Waals surface area contributed by atoms with Gasteiger partial charge in [0.2, 0.25) is 11.9 Å². The highest BCUT2D eigenvalue weighted by Crippen LogP contribution is 2.34. The van der Waals surface area contributed by atoms with Gasteiger partial charge in [0.15, 0.2) is 0 Å². The van der Waals surface area contributed by atoms with Crippen molar-refractivity contribution in [2.75, 3.05) is 32.1 Å². The van der Waals surface area contributed by atoms with Gasteiger partial charge in [-0.25, -0.2) is 9.97 Å². The van der Waals surface area contributed by atoms with Crippen molar-refractivity contribution in [3.8, 4) is 11.1 Å². The summed E-state index contributed by atoms with van der Waals surface area (Å²) in [6, 6.07) is 7.70. The Morgan fingerprint density at radius 2 is 2.13 bits per heavy atom. The molecular weight excluding hydrogens is 412 g/mol. The summed E-state index contributed by atoms with van der Waals surface area (Å²) in [6.45, 7) is 1.42. The van der Waals surface area contributed by atoms with Crippen LogP contribution in [0.3, 0.4) is 0 Å². The van der Waals surface area contributed by atoms with Gasteiger partial charge in [0, 0.05) is 75.1 Å². The maximum atomic E-state index is 12.9. The average Bonchev–Trinajstić information content (AvgIpc) is 3.41. The number of carbonyl (C=O) groups excluding carboxylic acids is 1. The molecule has 0 spiro atoms. The predicted molar refractivity (Wildman–Crippen MR) is 122 cm³/mol. The molecule has 0 N–H and O–H groups in total. The predicted octanol–water partition coefficient (Wildman–Crippen LogP) is 3.55. The number of benzene rings is 1.